The van der Waals surface area contributed by atoms with Crippen molar-refractivity contribution in [2.75, 3.05) is 7.11 Å². The molecule has 0 bridgehead atoms. The second kappa shape index (κ2) is 4.03. The molecule has 0 amide bonds. The van der Waals surface area contributed by atoms with Gasteiger partial charge in [0.1, 0.15) is 10.8 Å². The molecule has 1 heterocycles. The summed E-state index contributed by atoms with van der Waals surface area (Å²) in [5.41, 5.74) is 2.02. The van der Waals surface area contributed by atoms with E-state index < -0.39 is 0 Å². The molecule has 0 aliphatic rings. The normalized spacial score (nSPS) is 10.5. The Labute approximate surface area is 93.2 Å². The van der Waals surface area contributed by atoms with Gasteiger partial charge in [-0.25, -0.2) is 4.98 Å². The average Bonchev–Trinajstić information content (AvgIpc) is 2.57. The van der Waals surface area contributed by atoms with E-state index in [4.69, 9.17) is 4.74 Å². The first-order valence-corrected chi connectivity index (χ1v) is 5.45. The van der Waals surface area contributed by atoms with Gasteiger partial charge in [0.25, 0.3) is 0 Å². The highest BCUT2D eigenvalue weighted by Crippen LogP contribution is 2.27. The molecule has 3 heteroatoms. The summed E-state index contributed by atoms with van der Waals surface area (Å²) in [5.74, 6) is 0.869. The van der Waals surface area contributed by atoms with Crippen molar-refractivity contribution < 1.29 is 4.74 Å². The lowest BCUT2D eigenvalue weighted by molar-refractivity contribution is 0.415. The van der Waals surface area contributed by atoms with E-state index in [9.17, 15) is 0 Å². The summed E-state index contributed by atoms with van der Waals surface area (Å²) in [4.78, 5) is 4.47. The Morgan fingerprint density at radius 2 is 2.33 bits per heavy atom. The summed E-state index contributed by atoms with van der Waals surface area (Å²) >= 11 is 1.65. The van der Waals surface area contributed by atoms with Crippen LogP contribution in [-0.4, -0.2) is 12.1 Å². The minimum Gasteiger partial charge on any atom is -0.497 e. The first kappa shape index (κ1) is 10.2. The lowest BCUT2D eigenvalue weighted by Gasteiger charge is -1.96. The Morgan fingerprint density at radius 3 is 3.00 bits per heavy atom. The topological polar surface area (TPSA) is 22.1 Å². The highest BCUT2D eigenvalue weighted by Gasteiger charge is 2.05. The number of allylic oxidation sites excluding steroid dienone is 1. The number of thiazole rings is 1. The van der Waals surface area contributed by atoms with Crippen LogP contribution >= 0.6 is 11.3 Å². The van der Waals surface area contributed by atoms with Crippen molar-refractivity contribution in [3.05, 3.63) is 41.8 Å². The van der Waals surface area contributed by atoms with Crippen molar-refractivity contribution >= 4 is 21.6 Å². The maximum absolute atomic E-state index is 5.16. The zero-order valence-electron chi connectivity index (χ0n) is 8.78. The third-order valence-electron chi connectivity index (χ3n) is 1.98. The second-order valence-electron chi connectivity index (χ2n) is 3.38. The summed E-state index contributed by atoms with van der Waals surface area (Å²) in [7, 11) is 1.67. The van der Waals surface area contributed by atoms with E-state index in [2.05, 4.69) is 11.6 Å². The summed E-state index contributed by atoms with van der Waals surface area (Å²) in [6, 6.07) is 5.90. The van der Waals surface area contributed by atoms with Crippen LogP contribution in [-0.2, 0) is 0 Å². The lowest BCUT2D eigenvalue weighted by atomic mass is 10.2. The SMILES string of the molecule is C=C(C)[CH]c1nc2ccc(OC)cc2s1. The largest absolute Gasteiger partial charge is 0.497 e. The van der Waals surface area contributed by atoms with E-state index >= 15 is 0 Å². The van der Waals surface area contributed by atoms with E-state index in [-0.39, 0.29) is 0 Å². The molecule has 2 rings (SSSR count). The smallest absolute Gasteiger partial charge is 0.120 e. The maximum Gasteiger partial charge on any atom is 0.120 e. The Hall–Kier alpha value is -1.35. The molecule has 1 aromatic carbocycles. The second-order valence-corrected chi connectivity index (χ2v) is 4.44. The fraction of sp³-hybridized carbons (Fsp3) is 0.167. The molecule has 0 aliphatic heterocycles. The molecule has 2 nitrogen and oxygen atoms in total. The van der Waals surface area contributed by atoms with Crippen LogP contribution in [0.2, 0.25) is 0 Å². The van der Waals surface area contributed by atoms with Gasteiger partial charge in [-0.2, -0.15) is 0 Å². The molecule has 77 valence electrons. The van der Waals surface area contributed by atoms with Crippen LogP contribution in [0.1, 0.15) is 11.9 Å². The predicted molar refractivity (Wildman–Crippen MR) is 64.4 cm³/mol. The molecule has 0 saturated heterocycles. The van der Waals surface area contributed by atoms with Gasteiger partial charge in [-0.05, 0) is 25.1 Å². The Morgan fingerprint density at radius 1 is 1.53 bits per heavy atom. The van der Waals surface area contributed by atoms with Crippen molar-refractivity contribution in [1.29, 1.82) is 0 Å². The van der Waals surface area contributed by atoms with Crippen LogP contribution in [0.4, 0.5) is 0 Å². The minimum atomic E-state index is 0.869. The van der Waals surface area contributed by atoms with Crippen LogP contribution < -0.4 is 4.74 Å². The number of methoxy groups -OCH3 is 1. The highest BCUT2D eigenvalue weighted by molar-refractivity contribution is 7.18. The molecule has 1 radical (unpaired) electrons. The first-order valence-electron chi connectivity index (χ1n) is 4.64. The number of benzene rings is 1. The van der Waals surface area contributed by atoms with Gasteiger partial charge in [-0.3, -0.25) is 0 Å². The molecule has 2 aromatic rings. The van der Waals surface area contributed by atoms with Crippen LogP contribution in [0.3, 0.4) is 0 Å². The Bertz CT molecular complexity index is 501. The van der Waals surface area contributed by atoms with Gasteiger partial charge >= 0.3 is 0 Å². The fourth-order valence-electron chi connectivity index (χ4n) is 1.32. The molecule has 0 spiro atoms. The zero-order chi connectivity index (χ0) is 10.8. The number of hydrogen-bond acceptors (Lipinski definition) is 3. The molecule has 1 aromatic heterocycles. The molecular weight excluding hydrogens is 206 g/mol. The van der Waals surface area contributed by atoms with E-state index in [1.54, 1.807) is 18.4 Å². The Balaban J connectivity index is 2.42. The number of ether oxygens (including phenoxy) is 1. The molecule has 0 atom stereocenters. The molecular formula is C12H12NOS. The van der Waals surface area contributed by atoms with Gasteiger partial charge in [0.05, 0.1) is 17.3 Å². The van der Waals surface area contributed by atoms with Crippen molar-refractivity contribution in [3.63, 3.8) is 0 Å². The third kappa shape index (κ3) is 2.18. The van der Waals surface area contributed by atoms with Crippen LogP contribution in [0.25, 0.3) is 10.2 Å². The molecule has 0 fully saturated rings. The number of fused-ring (bicyclic) bond motifs is 1. The molecule has 0 saturated carbocycles. The van der Waals surface area contributed by atoms with E-state index in [0.717, 1.165) is 26.5 Å². The number of hydrogen-bond donors (Lipinski definition) is 0. The molecule has 0 N–H and O–H groups in total. The molecule has 0 aliphatic carbocycles. The molecule has 0 unspecified atom stereocenters. The van der Waals surface area contributed by atoms with Gasteiger partial charge in [-0.15, -0.1) is 11.3 Å². The van der Waals surface area contributed by atoms with Gasteiger partial charge in [-0.1, -0.05) is 12.2 Å². The lowest BCUT2D eigenvalue weighted by Crippen LogP contribution is -1.81. The minimum absolute atomic E-state index is 0.869. The summed E-state index contributed by atoms with van der Waals surface area (Å²) in [6.45, 7) is 5.81. The average molecular weight is 218 g/mol. The number of rotatable bonds is 3. The van der Waals surface area contributed by atoms with Crippen LogP contribution in [0, 0.1) is 6.42 Å². The van der Waals surface area contributed by atoms with Crippen molar-refractivity contribution in [1.82, 2.24) is 4.98 Å². The zero-order valence-corrected chi connectivity index (χ0v) is 9.60. The number of nitrogens with zero attached hydrogens (tertiary/aromatic N) is 1. The third-order valence-corrected chi connectivity index (χ3v) is 2.95. The van der Waals surface area contributed by atoms with Gasteiger partial charge in [0, 0.05) is 6.42 Å². The Kier molecular flexibility index (Phi) is 2.73. The van der Waals surface area contributed by atoms with Crippen molar-refractivity contribution in [2.24, 2.45) is 0 Å². The van der Waals surface area contributed by atoms with E-state index in [0.29, 0.717) is 0 Å². The van der Waals surface area contributed by atoms with Gasteiger partial charge in [0.15, 0.2) is 0 Å². The predicted octanol–water partition coefficient (Wildman–Crippen LogP) is 3.43. The highest BCUT2D eigenvalue weighted by atomic mass is 32.1. The van der Waals surface area contributed by atoms with E-state index in [1.807, 2.05) is 31.5 Å². The summed E-state index contributed by atoms with van der Waals surface area (Å²) in [6.07, 6.45) is 1.98. The van der Waals surface area contributed by atoms with Gasteiger partial charge in [0.2, 0.25) is 0 Å². The summed E-state index contributed by atoms with van der Waals surface area (Å²) in [5, 5.41) is 0.991. The molecule has 15 heavy (non-hydrogen) atoms. The van der Waals surface area contributed by atoms with E-state index in [1.165, 1.54) is 0 Å². The first-order chi connectivity index (χ1) is 7.19. The summed E-state index contributed by atoms with van der Waals surface area (Å²) < 4.78 is 6.30. The van der Waals surface area contributed by atoms with Crippen LogP contribution in [0.15, 0.2) is 30.4 Å². The fourth-order valence-corrected chi connectivity index (χ4v) is 2.35. The van der Waals surface area contributed by atoms with Crippen molar-refractivity contribution in [2.45, 2.75) is 6.92 Å². The van der Waals surface area contributed by atoms with Gasteiger partial charge < -0.3 is 4.74 Å². The van der Waals surface area contributed by atoms with Crippen LogP contribution in [0.5, 0.6) is 5.75 Å². The monoisotopic (exact) mass is 218 g/mol. The van der Waals surface area contributed by atoms with Crippen molar-refractivity contribution in [3.8, 4) is 5.75 Å². The standard InChI is InChI=1S/C12H12NOS/c1-8(2)6-12-13-10-5-4-9(14-3)7-11(10)15-12/h4-7H,1H2,2-3H3. The quantitative estimate of drug-likeness (QED) is 0.787. The maximum atomic E-state index is 5.16. The number of aromatic nitrogens is 1.